The fourth-order valence-corrected chi connectivity index (χ4v) is 3.56. The highest BCUT2D eigenvalue weighted by atomic mass is 32.2. The summed E-state index contributed by atoms with van der Waals surface area (Å²) in [5.74, 6) is 0. The average molecular weight is 311 g/mol. The minimum atomic E-state index is -3.35. The summed E-state index contributed by atoms with van der Waals surface area (Å²) in [6.45, 7) is 2.13. The van der Waals surface area contributed by atoms with Crippen molar-refractivity contribution in [3.05, 3.63) is 24.3 Å². The highest BCUT2D eigenvalue weighted by molar-refractivity contribution is 7.89. The highest BCUT2D eigenvalue weighted by Gasteiger charge is 2.19. The summed E-state index contributed by atoms with van der Waals surface area (Å²) >= 11 is 0. The van der Waals surface area contributed by atoms with E-state index in [2.05, 4.69) is 17.3 Å². The zero-order valence-corrected chi connectivity index (χ0v) is 13.9. The Hall–Kier alpha value is -1.11. The fraction of sp³-hybridized carbons (Fsp3) is 0.600. The molecule has 1 aliphatic rings. The molecule has 1 saturated heterocycles. The Kier molecular flexibility index (Phi) is 5.24. The van der Waals surface area contributed by atoms with Crippen LogP contribution in [-0.2, 0) is 10.0 Å². The zero-order chi connectivity index (χ0) is 15.5. The minimum Gasteiger partial charge on any atom is -0.372 e. The van der Waals surface area contributed by atoms with Crippen molar-refractivity contribution in [2.45, 2.75) is 30.2 Å². The summed E-state index contributed by atoms with van der Waals surface area (Å²) in [5.41, 5.74) is 1.07. The van der Waals surface area contributed by atoms with Crippen molar-refractivity contribution in [1.29, 1.82) is 0 Å². The molecule has 1 aliphatic heterocycles. The molecule has 1 aromatic rings. The molecule has 0 aromatic heterocycles. The van der Waals surface area contributed by atoms with Gasteiger partial charge in [-0.3, -0.25) is 0 Å². The van der Waals surface area contributed by atoms with Gasteiger partial charge in [0, 0.05) is 32.9 Å². The van der Waals surface area contributed by atoms with Crippen LogP contribution in [0.3, 0.4) is 0 Å². The van der Waals surface area contributed by atoms with Gasteiger partial charge >= 0.3 is 0 Å². The third-order valence-corrected chi connectivity index (χ3v) is 5.94. The summed E-state index contributed by atoms with van der Waals surface area (Å²) < 4.78 is 25.4. The molecule has 0 radical (unpaired) electrons. The maximum atomic E-state index is 12.1. The molecule has 0 saturated carbocycles. The second-order valence-corrected chi connectivity index (χ2v) is 7.88. The lowest BCUT2D eigenvalue weighted by Gasteiger charge is -2.29. The van der Waals surface area contributed by atoms with E-state index < -0.39 is 10.0 Å². The van der Waals surface area contributed by atoms with Crippen LogP contribution in [0.2, 0.25) is 0 Å². The van der Waals surface area contributed by atoms with E-state index in [4.69, 9.17) is 0 Å². The molecule has 1 aromatic carbocycles. The van der Waals surface area contributed by atoms with Gasteiger partial charge in [0.15, 0.2) is 0 Å². The summed E-state index contributed by atoms with van der Waals surface area (Å²) in [7, 11) is 1.84. The van der Waals surface area contributed by atoms with E-state index in [1.807, 2.05) is 12.1 Å². The number of sulfonamides is 1. The van der Waals surface area contributed by atoms with Crippen LogP contribution in [0.5, 0.6) is 0 Å². The normalized spacial score (nSPS) is 20.3. The van der Waals surface area contributed by atoms with Gasteiger partial charge in [0.25, 0.3) is 0 Å². The number of anilines is 1. The Labute approximate surface area is 128 Å². The number of hydrogen-bond acceptors (Lipinski definition) is 4. The Bertz CT molecular complexity index is 547. The predicted molar refractivity (Wildman–Crippen MR) is 86.2 cm³/mol. The van der Waals surface area contributed by atoms with Gasteiger partial charge in [0.2, 0.25) is 10.0 Å². The molecule has 2 rings (SSSR count). The van der Waals surface area contributed by atoms with Gasteiger partial charge in [-0.05, 0) is 56.6 Å². The lowest BCUT2D eigenvalue weighted by molar-refractivity contribution is 0.520. The summed E-state index contributed by atoms with van der Waals surface area (Å²) in [6, 6.07) is 7.69. The van der Waals surface area contributed by atoms with Crippen LogP contribution < -0.4 is 10.2 Å². The standard InChI is InChI=1S/C15H25N3O2S/c1-17(2)21(19,20)15-8-6-14(7-9-15)18(3)13-5-4-11-16-12-10-13/h6-9,13,16H,4-5,10-12H2,1-3H3. The lowest BCUT2D eigenvalue weighted by atomic mass is 10.1. The molecule has 1 unspecified atom stereocenters. The molecule has 1 N–H and O–H groups in total. The summed E-state index contributed by atoms with van der Waals surface area (Å²) in [5, 5.41) is 3.41. The van der Waals surface area contributed by atoms with E-state index >= 15 is 0 Å². The Morgan fingerprint density at radius 2 is 1.71 bits per heavy atom. The highest BCUT2D eigenvalue weighted by Crippen LogP contribution is 2.23. The quantitative estimate of drug-likeness (QED) is 0.916. The van der Waals surface area contributed by atoms with Crippen molar-refractivity contribution in [3.8, 4) is 0 Å². The summed E-state index contributed by atoms with van der Waals surface area (Å²) in [4.78, 5) is 2.60. The van der Waals surface area contributed by atoms with E-state index in [9.17, 15) is 8.42 Å². The van der Waals surface area contributed by atoms with Crippen molar-refractivity contribution < 1.29 is 8.42 Å². The van der Waals surface area contributed by atoms with Crippen molar-refractivity contribution in [2.24, 2.45) is 0 Å². The smallest absolute Gasteiger partial charge is 0.242 e. The molecule has 5 nitrogen and oxygen atoms in total. The van der Waals surface area contributed by atoms with Crippen molar-refractivity contribution in [1.82, 2.24) is 9.62 Å². The monoisotopic (exact) mass is 311 g/mol. The first-order valence-electron chi connectivity index (χ1n) is 7.39. The van der Waals surface area contributed by atoms with Gasteiger partial charge in [0.05, 0.1) is 4.90 Å². The topological polar surface area (TPSA) is 52.7 Å². The zero-order valence-electron chi connectivity index (χ0n) is 13.0. The van der Waals surface area contributed by atoms with E-state index in [0.29, 0.717) is 10.9 Å². The van der Waals surface area contributed by atoms with Crippen LogP contribution in [0.25, 0.3) is 0 Å². The molecular formula is C15H25N3O2S. The van der Waals surface area contributed by atoms with Crippen LogP contribution in [0, 0.1) is 0 Å². The van der Waals surface area contributed by atoms with Crippen molar-refractivity contribution >= 4 is 15.7 Å². The largest absolute Gasteiger partial charge is 0.372 e. The van der Waals surface area contributed by atoms with Crippen LogP contribution >= 0.6 is 0 Å². The first-order chi connectivity index (χ1) is 9.93. The van der Waals surface area contributed by atoms with Gasteiger partial charge in [-0.2, -0.15) is 0 Å². The molecule has 0 bridgehead atoms. The summed E-state index contributed by atoms with van der Waals surface area (Å²) in [6.07, 6.45) is 3.47. The molecule has 0 spiro atoms. The van der Waals surface area contributed by atoms with E-state index in [1.165, 1.54) is 17.1 Å². The number of rotatable bonds is 4. The van der Waals surface area contributed by atoms with Crippen molar-refractivity contribution in [2.75, 3.05) is 39.1 Å². The van der Waals surface area contributed by atoms with Crippen LogP contribution in [0.4, 0.5) is 5.69 Å². The maximum absolute atomic E-state index is 12.1. The number of benzene rings is 1. The van der Waals surface area contributed by atoms with E-state index in [0.717, 1.165) is 25.2 Å². The number of nitrogens with one attached hydrogen (secondary N) is 1. The molecule has 21 heavy (non-hydrogen) atoms. The second-order valence-electron chi connectivity index (χ2n) is 5.73. The second kappa shape index (κ2) is 6.77. The molecule has 118 valence electrons. The van der Waals surface area contributed by atoms with E-state index in [1.54, 1.807) is 26.2 Å². The fourth-order valence-electron chi connectivity index (χ4n) is 2.66. The Morgan fingerprint density at radius 1 is 1.05 bits per heavy atom. The third-order valence-electron chi connectivity index (χ3n) is 4.12. The van der Waals surface area contributed by atoms with E-state index in [-0.39, 0.29) is 0 Å². The van der Waals surface area contributed by atoms with Gasteiger partial charge in [-0.25, -0.2) is 12.7 Å². The molecule has 1 atom stereocenters. The Morgan fingerprint density at radius 3 is 2.33 bits per heavy atom. The lowest BCUT2D eigenvalue weighted by Crippen LogP contribution is -2.32. The molecule has 0 aliphatic carbocycles. The predicted octanol–water partition coefficient (Wildman–Crippen LogP) is 1.52. The number of hydrogen-bond donors (Lipinski definition) is 1. The first-order valence-corrected chi connectivity index (χ1v) is 8.83. The van der Waals surface area contributed by atoms with Gasteiger partial charge in [-0.15, -0.1) is 0 Å². The molecule has 1 heterocycles. The van der Waals surface area contributed by atoms with Gasteiger partial charge in [0.1, 0.15) is 0 Å². The number of nitrogens with zero attached hydrogens (tertiary/aromatic N) is 2. The van der Waals surface area contributed by atoms with Crippen LogP contribution in [0.1, 0.15) is 19.3 Å². The molecule has 6 heteroatoms. The Balaban J connectivity index is 2.14. The third kappa shape index (κ3) is 3.75. The molecule has 0 amide bonds. The van der Waals surface area contributed by atoms with Crippen molar-refractivity contribution in [3.63, 3.8) is 0 Å². The van der Waals surface area contributed by atoms with Gasteiger partial charge < -0.3 is 10.2 Å². The molecule has 1 fully saturated rings. The SMILES string of the molecule is CN(c1ccc(S(=O)(=O)N(C)C)cc1)C1CCCNCC1. The average Bonchev–Trinajstić information content (AvgIpc) is 2.75. The minimum absolute atomic E-state index is 0.340. The maximum Gasteiger partial charge on any atom is 0.242 e. The first kappa shape index (κ1) is 16.3. The van der Waals surface area contributed by atoms with Crippen LogP contribution in [0.15, 0.2) is 29.2 Å². The van der Waals surface area contributed by atoms with Crippen LogP contribution in [-0.4, -0.2) is 53.0 Å². The molecular weight excluding hydrogens is 286 g/mol. The van der Waals surface area contributed by atoms with Gasteiger partial charge in [-0.1, -0.05) is 0 Å².